The van der Waals surface area contributed by atoms with Gasteiger partial charge < -0.3 is 9.64 Å². The molecular formula is C14H18FNO3. The van der Waals surface area contributed by atoms with Gasteiger partial charge in [0, 0.05) is 19.2 Å². The molecule has 0 aliphatic rings. The van der Waals surface area contributed by atoms with Crippen molar-refractivity contribution < 1.29 is 18.7 Å². The first-order chi connectivity index (χ1) is 8.86. The van der Waals surface area contributed by atoms with Crippen LogP contribution in [0.2, 0.25) is 0 Å². The maximum atomic E-state index is 13.2. The largest absolute Gasteiger partial charge is 0.469 e. The Balaban J connectivity index is 2.82. The Morgan fingerprint density at radius 2 is 2.05 bits per heavy atom. The molecule has 0 saturated heterocycles. The Morgan fingerprint density at radius 3 is 2.63 bits per heavy atom. The van der Waals surface area contributed by atoms with Gasteiger partial charge in [0.05, 0.1) is 13.0 Å². The average molecular weight is 267 g/mol. The number of methoxy groups -OCH3 is 1. The topological polar surface area (TPSA) is 46.6 Å². The first-order valence-electron chi connectivity index (χ1n) is 5.96. The van der Waals surface area contributed by atoms with E-state index in [0.29, 0.717) is 11.1 Å². The van der Waals surface area contributed by atoms with Gasteiger partial charge in [-0.05, 0) is 24.6 Å². The maximum Gasteiger partial charge on any atom is 0.310 e. The number of hydrogen-bond acceptors (Lipinski definition) is 3. The third-order valence-electron chi connectivity index (χ3n) is 2.93. The molecule has 1 amide bonds. The van der Waals surface area contributed by atoms with Gasteiger partial charge in [0.1, 0.15) is 5.82 Å². The molecule has 0 aliphatic carbocycles. The molecule has 0 spiro atoms. The third kappa shape index (κ3) is 3.77. The lowest BCUT2D eigenvalue weighted by atomic mass is 10.1. The zero-order valence-electron chi connectivity index (χ0n) is 11.6. The van der Waals surface area contributed by atoms with E-state index in [9.17, 15) is 14.0 Å². The lowest BCUT2D eigenvalue weighted by Gasteiger charge is -2.21. The molecule has 1 atom stereocenters. The molecular weight excluding hydrogens is 249 g/mol. The molecule has 1 unspecified atom stereocenters. The highest BCUT2D eigenvalue weighted by Gasteiger charge is 2.20. The average Bonchev–Trinajstić information content (AvgIpc) is 2.39. The van der Waals surface area contributed by atoms with Gasteiger partial charge in [-0.15, -0.1) is 0 Å². The maximum absolute atomic E-state index is 13.2. The Kier molecular flexibility index (Phi) is 5.03. The Hall–Kier alpha value is -1.91. The van der Waals surface area contributed by atoms with Gasteiger partial charge >= 0.3 is 5.97 Å². The van der Waals surface area contributed by atoms with Crippen molar-refractivity contribution in [1.29, 1.82) is 0 Å². The van der Waals surface area contributed by atoms with Crippen molar-refractivity contribution in [3.8, 4) is 0 Å². The summed E-state index contributed by atoms with van der Waals surface area (Å²) in [6, 6.07) is 4.07. The molecule has 0 bridgehead atoms. The van der Waals surface area contributed by atoms with Crippen LogP contribution in [0.25, 0.3) is 0 Å². The molecule has 0 N–H and O–H groups in total. The van der Waals surface area contributed by atoms with Gasteiger partial charge in [0.25, 0.3) is 5.91 Å². The highest BCUT2D eigenvalue weighted by molar-refractivity contribution is 5.95. The fraction of sp³-hybridized carbons (Fsp3) is 0.429. The van der Waals surface area contributed by atoms with Crippen molar-refractivity contribution in [3.63, 3.8) is 0 Å². The number of hydrogen-bond donors (Lipinski definition) is 0. The monoisotopic (exact) mass is 267 g/mol. The fourth-order valence-corrected chi connectivity index (χ4v) is 1.80. The summed E-state index contributed by atoms with van der Waals surface area (Å²) in [5.74, 6) is -1.57. The number of nitrogens with zero attached hydrogens (tertiary/aromatic N) is 1. The van der Waals surface area contributed by atoms with E-state index in [1.165, 1.54) is 24.1 Å². The summed E-state index contributed by atoms with van der Waals surface area (Å²) in [6.45, 7) is 3.64. The number of rotatable bonds is 4. The number of halogens is 1. The molecule has 1 rings (SSSR count). The van der Waals surface area contributed by atoms with E-state index < -0.39 is 11.7 Å². The van der Waals surface area contributed by atoms with Gasteiger partial charge in [0.15, 0.2) is 0 Å². The quantitative estimate of drug-likeness (QED) is 0.784. The van der Waals surface area contributed by atoms with Crippen molar-refractivity contribution in [3.05, 3.63) is 35.1 Å². The standard InChI is InChI=1S/C14H18FNO3/c1-9-5-6-11(15)7-12(9)13(17)16(3)8-10(2)14(18)19-4/h5-7,10H,8H2,1-4H3. The van der Waals surface area contributed by atoms with Crippen LogP contribution in [0.3, 0.4) is 0 Å². The highest BCUT2D eigenvalue weighted by atomic mass is 19.1. The van der Waals surface area contributed by atoms with Gasteiger partial charge in [-0.25, -0.2) is 4.39 Å². The Morgan fingerprint density at radius 1 is 1.42 bits per heavy atom. The molecule has 0 saturated carbocycles. The number of carbonyl (C=O) groups is 2. The number of aryl methyl sites for hydroxylation is 1. The van der Waals surface area contributed by atoms with E-state index in [2.05, 4.69) is 4.74 Å². The summed E-state index contributed by atoms with van der Waals surface area (Å²) in [5, 5.41) is 0. The summed E-state index contributed by atoms with van der Waals surface area (Å²) in [4.78, 5) is 24.9. The number of esters is 1. The number of ether oxygens (including phenoxy) is 1. The van der Waals surface area contributed by atoms with Crippen molar-refractivity contribution in [2.24, 2.45) is 5.92 Å². The summed E-state index contributed by atoms with van der Waals surface area (Å²) in [5.41, 5.74) is 1.00. The van der Waals surface area contributed by atoms with Gasteiger partial charge in [0.2, 0.25) is 0 Å². The second kappa shape index (κ2) is 6.31. The van der Waals surface area contributed by atoms with Crippen LogP contribution in [0.15, 0.2) is 18.2 Å². The Labute approximate surface area is 112 Å². The van der Waals surface area contributed by atoms with E-state index in [1.54, 1.807) is 27.0 Å². The second-order valence-corrected chi connectivity index (χ2v) is 4.57. The zero-order valence-corrected chi connectivity index (χ0v) is 11.6. The molecule has 1 aromatic rings. The molecule has 5 heteroatoms. The van der Waals surface area contributed by atoms with Crippen LogP contribution in [0.1, 0.15) is 22.8 Å². The number of amides is 1. The fourth-order valence-electron chi connectivity index (χ4n) is 1.80. The molecule has 0 heterocycles. The lowest BCUT2D eigenvalue weighted by molar-refractivity contribution is -0.145. The molecule has 0 radical (unpaired) electrons. The van der Waals surface area contributed by atoms with E-state index >= 15 is 0 Å². The van der Waals surface area contributed by atoms with Crippen LogP contribution >= 0.6 is 0 Å². The zero-order chi connectivity index (χ0) is 14.6. The number of carbonyl (C=O) groups excluding carboxylic acids is 2. The van der Waals surface area contributed by atoms with Gasteiger partial charge in [-0.2, -0.15) is 0 Å². The molecule has 104 valence electrons. The summed E-state index contributed by atoms with van der Waals surface area (Å²) in [7, 11) is 2.88. The lowest BCUT2D eigenvalue weighted by Crippen LogP contribution is -2.34. The minimum Gasteiger partial charge on any atom is -0.469 e. The minimum absolute atomic E-state index is 0.224. The summed E-state index contributed by atoms with van der Waals surface area (Å²) in [6.07, 6.45) is 0. The van der Waals surface area contributed by atoms with Crippen LogP contribution < -0.4 is 0 Å². The molecule has 4 nitrogen and oxygen atoms in total. The van der Waals surface area contributed by atoms with Gasteiger partial charge in [-0.1, -0.05) is 13.0 Å². The van der Waals surface area contributed by atoms with Crippen LogP contribution in [-0.4, -0.2) is 37.5 Å². The molecule has 0 fully saturated rings. The van der Waals surface area contributed by atoms with Crippen molar-refractivity contribution in [2.45, 2.75) is 13.8 Å². The second-order valence-electron chi connectivity index (χ2n) is 4.57. The van der Waals surface area contributed by atoms with Crippen LogP contribution in [-0.2, 0) is 9.53 Å². The van der Waals surface area contributed by atoms with Crippen LogP contribution in [0.4, 0.5) is 4.39 Å². The first-order valence-corrected chi connectivity index (χ1v) is 5.96. The molecule has 0 aliphatic heterocycles. The predicted molar refractivity (Wildman–Crippen MR) is 69.3 cm³/mol. The summed E-state index contributed by atoms with van der Waals surface area (Å²) < 4.78 is 17.8. The third-order valence-corrected chi connectivity index (χ3v) is 2.93. The smallest absolute Gasteiger partial charge is 0.310 e. The van der Waals surface area contributed by atoms with Crippen LogP contribution in [0, 0.1) is 18.7 Å². The SMILES string of the molecule is COC(=O)C(C)CN(C)C(=O)c1cc(F)ccc1C. The molecule has 19 heavy (non-hydrogen) atoms. The van der Waals surface area contributed by atoms with Crippen molar-refractivity contribution >= 4 is 11.9 Å². The summed E-state index contributed by atoms with van der Waals surface area (Å²) >= 11 is 0. The van der Waals surface area contributed by atoms with E-state index in [1.807, 2.05) is 0 Å². The first kappa shape index (κ1) is 15.1. The van der Waals surface area contributed by atoms with E-state index in [0.717, 1.165) is 0 Å². The predicted octanol–water partition coefficient (Wildman–Crippen LogP) is 2.02. The van der Waals surface area contributed by atoms with Crippen molar-refractivity contribution in [1.82, 2.24) is 4.90 Å². The van der Waals surface area contributed by atoms with Gasteiger partial charge in [-0.3, -0.25) is 9.59 Å². The molecule has 0 aromatic heterocycles. The van der Waals surface area contributed by atoms with E-state index in [-0.39, 0.29) is 18.4 Å². The normalized spacial score (nSPS) is 11.8. The van der Waals surface area contributed by atoms with Crippen LogP contribution in [0.5, 0.6) is 0 Å². The number of benzene rings is 1. The van der Waals surface area contributed by atoms with E-state index in [4.69, 9.17) is 0 Å². The highest BCUT2D eigenvalue weighted by Crippen LogP contribution is 2.13. The minimum atomic E-state index is -0.455. The van der Waals surface area contributed by atoms with Crippen molar-refractivity contribution in [2.75, 3.05) is 20.7 Å². The molecule has 1 aromatic carbocycles. The Bertz CT molecular complexity index is 488.